The van der Waals surface area contributed by atoms with Crippen LogP contribution < -0.4 is 0 Å². The first kappa shape index (κ1) is 47.1. The molecule has 14 heteroatoms. The Morgan fingerprint density at radius 1 is 0.431 bits per heavy atom. The number of hydrogen-bond acceptors (Lipinski definition) is 14. The molecular weight excluding hydrogens is 654 g/mol. The zero-order valence-corrected chi connectivity index (χ0v) is 30.5. The number of ether oxygens (including phenoxy) is 7. The molecule has 0 aliphatic heterocycles. The lowest BCUT2D eigenvalue weighted by Gasteiger charge is -2.43. The lowest BCUT2D eigenvalue weighted by atomic mass is 9.78. The second-order valence-electron chi connectivity index (χ2n) is 11.9. The van der Waals surface area contributed by atoms with E-state index >= 15 is 0 Å². The Balaban J connectivity index is 7.08. The Hall–Kier alpha value is -3.85. The van der Waals surface area contributed by atoms with Crippen molar-refractivity contribution in [1.82, 2.24) is 0 Å². The largest absolute Gasteiger partial charge is 0.380 e. The van der Waals surface area contributed by atoms with Crippen molar-refractivity contribution in [2.45, 2.75) is 115 Å². The van der Waals surface area contributed by atoms with Gasteiger partial charge in [0.1, 0.15) is 12.2 Å². The molecule has 280 valence electrons. The van der Waals surface area contributed by atoms with Gasteiger partial charge < -0.3 is 33.2 Å². The van der Waals surface area contributed by atoms with E-state index in [1.807, 2.05) is 20.8 Å². The van der Waals surface area contributed by atoms with E-state index in [-0.39, 0.29) is 103 Å². The van der Waals surface area contributed by atoms with Gasteiger partial charge in [0, 0.05) is 30.8 Å². The second-order valence-corrected chi connectivity index (χ2v) is 11.9. The summed E-state index contributed by atoms with van der Waals surface area (Å²) in [6, 6.07) is 14.8. The third-order valence-corrected chi connectivity index (χ3v) is 8.05. The maximum absolute atomic E-state index is 9.39. The van der Waals surface area contributed by atoms with Gasteiger partial charge in [-0.3, -0.25) is 0 Å². The van der Waals surface area contributed by atoms with E-state index in [9.17, 15) is 31.6 Å². The van der Waals surface area contributed by atoms with E-state index in [0.717, 1.165) is 6.42 Å². The minimum atomic E-state index is -0.810. The van der Waals surface area contributed by atoms with Crippen molar-refractivity contribution in [2.75, 3.05) is 59.5 Å². The summed E-state index contributed by atoms with van der Waals surface area (Å²) in [4.78, 5) is 0. The van der Waals surface area contributed by atoms with Gasteiger partial charge in [-0.25, -0.2) is 0 Å². The highest BCUT2D eigenvalue weighted by Gasteiger charge is 2.43. The van der Waals surface area contributed by atoms with Crippen molar-refractivity contribution < 1.29 is 33.2 Å². The molecule has 8 atom stereocenters. The Morgan fingerprint density at radius 2 is 0.843 bits per heavy atom. The van der Waals surface area contributed by atoms with Crippen LogP contribution in [0.1, 0.15) is 85.0 Å². The van der Waals surface area contributed by atoms with Crippen LogP contribution in [0.4, 0.5) is 0 Å². The Labute approximate surface area is 304 Å². The Morgan fingerprint density at radius 3 is 1.35 bits per heavy atom. The molecule has 0 spiro atoms. The molecule has 0 amide bonds. The van der Waals surface area contributed by atoms with E-state index in [2.05, 4.69) is 42.5 Å². The number of nitriles is 7. The summed E-state index contributed by atoms with van der Waals surface area (Å²) in [5.74, 6) is -1.11. The number of nitrogens with zero attached hydrogens (tertiary/aromatic N) is 7. The van der Waals surface area contributed by atoms with Crippen molar-refractivity contribution in [3.05, 3.63) is 0 Å². The van der Waals surface area contributed by atoms with Gasteiger partial charge in [-0.1, -0.05) is 20.8 Å². The van der Waals surface area contributed by atoms with Gasteiger partial charge in [-0.2, -0.15) is 36.8 Å². The van der Waals surface area contributed by atoms with Gasteiger partial charge in [0.2, 0.25) is 0 Å². The molecule has 51 heavy (non-hydrogen) atoms. The first-order chi connectivity index (χ1) is 24.9. The summed E-state index contributed by atoms with van der Waals surface area (Å²) >= 11 is 0. The molecule has 0 aromatic heterocycles. The predicted octanol–water partition coefficient (Wildman–Crippen LogP) is 5.42. The normalized spacial score (nSPS) is 15.5. The van der Waals surface area contributed by atoms with Crippen LogP contribution in [-0.2, 0) is 33.2 Å². The maximum atomic E-state index is 9.39. The molecule has 0 aromatic rings. The van der Waals surface area contributed by atoms with Gasteiger partial charge in [0.25, 0.3) is 0 Å². The van der Waals surface area contributed by atoms with Gasteiger partial charge in [-0.15, -0.1) is 0 Å². The molecule has 14 nitrogen and oxygen atoms in total. The van der Waals surface area contributed by atoms with Gasteiger partial charge in [0.15, 0.2) is 0 Å². The van der Waals surface area contributed by atoms with Crippen LogP contribution >= 0.6 is 0 Å². The number of hydrogen-bond donors (Lipinski definition) is 0. The molecule has 0 saturated heterocycles. The van der Waals surface area contributed by atoms with Crippen molar-refractivity contribution >= 4 is 0 Å². The van der Waals surface area contributed by atoms with Crippen molar-refractivity contribution in [3.8, 4) is 42.5 Å². The summed E-state index contributed by atoms with van der Waals surface area (Å²) in [7, 11) is 0. The first-order valence-corrected chi connectivity index (χ1v) is 17.7. The third kappa shape index (κ3) is 21.2. The SMILES string of the molecule is CCCOCC(OCCC#N)C(OCCC#N)C(OCCC#N)C(C)C(OCCC#N)C(C)C(OCCC#N)C(CCCC#N)COCCC#N. The van der Waals surface area contributed by atoms with Gasteiger partial charge >= 0.3 is 0 Å². The molecule has 0 N–H and O–H groups in total. The zero-order valence-electron chi connectivity index (χ0n) is 30.5. The molecule has 0 aliphatic rings. The Kier molecular flexibility index (Phi) is 30.8. The lowest BCUT2D eigenvalue weighted by molar-refractivity contribution is -0.189. The first-order valence-electron chi connectivity index (χ1n) is 17.7. The molecule has 0 fully saturated rings. The van der Waals surface area contributed by atoms with Crippen molar-refractivity contribution in [2.24, 2.45) is 17.8 Å². The highest BCUT2D eigenvalue weighted by Crippen LogP contribution is 2.34. The predicted molar refractivity (Wildman–Crippen MR) is 183 cm³/mol. The highest BCUT2D eigenvalue weighted by atomic mass is 16.6. The molecule has 0 radical (unpaired) electrons. The van der Waals surface area contributed by atoms with Gasteiger partial charge in [0.05, 0.1) is 152 Å². The van der Waals surface area contributed by atoms with Crippen LogP contribution in [0.3, 0.4) is 0 Å². The molecule has 0 rings (SSSR count). The molecule has 0 bridgehead atoms. The standard InChI is InChI=1S/C37H55N7O7/c1-4-21-45-29-33(47-23-8-16-40)37(51-27-12-20-44)36(50-26-11-19-43)31(3)34(48-24-9-17-41)30(2)35(49-25-10-18-42)32(13-5-6-14-38)28-46-22-7-15-39/h30-37H,4-13,21-29H2,1-3H3. The average molecular weight is 710 g/mol. The fourth-order valence-corrected chi connectivity index (χ4v) is 5.77. The molecule has 0 aliphatic carbocycles. The van der Waals surface area contributed by atoms with E-state index in [0.29, 0.717) is 25.9 Å². The van der Waals surface area contributed by atoms with Crippen LogP contribution in [0.5, 0.6) is 0 Å². The van der Waals surface area contributed by atoms with Crippen molar-refractivity contribution in [1.29, 1.82) is 36.8 Å². The summed E-state index contributed by atoms with van der Waals surface area (Å²) in [5.41, 5.74) is 0. The van der Waals surface area contributed by atoms with E-state index in [4.69, 9.17) is 38.4 Å². The smallest absolute Gasteiger partial charge is 0.112 e. The maximum Gasteiger partial charge on any atom is 0.112 e. The van der Waals surface area contributed by atoms with Crippen LogP contribution in [0, 0.1) is 97.1 Å². The van der Waals surface area contributed by atoms with Crippen LogP contribution in [0.2, 0.25) is 0 Å². The number of rotatable bonds is 33. The molecule has 8 unspecified atom stereocenters. The molecule has 0 saturated carbocycles. The second kappa shape index (κ2) is 33.3. The summed E-state index contributed by atoms with van der Waals surface area (Å²) in [5, 5.41) is 64.9. The quantitative estimate of drug-likeness (QED) is 0.0775. The molecular formula is C37H55N7O7. The van der Waals surface area contributed by atoms with Crippen molar-refractivity contribution in [3.63, 3.8) is 0 Å². The fraction of sp³-hybridized carbons (Fsp3) is 0.811. The minimum absolute atomic E-state index is 0.0638. The summed E-state index contributed by atoms with van der Waals surface area (Å²) in [6.07, 6.45) is -0.394. The minimum Gasteiger partial charge on any atom is -0.380 e. The van der Waals surface area contributed by atoms with Crippen LogP contribution in [-0.4, -0.2) is 90.0 Å². The third-order valence-electron chi connectivity index (χ3n) is 8.05. The lowest BCUT2D eigenvalue weighted by Crippen LogP contribution is -2.53. The number of unbranched alkanes of at least 4 members (excludes halogenated alkanes) is 1. The molecule has 0 aromatic carbocycles. The van der Waals surface area contributed by atoms with E-state index < -0.39 is 36.4 Å². The van der Waals surface area contributed by atoms with E-state index in [1.54, 1.807) is 0 Å². The highest BCUT2D eigenvalue weighted by molar-refractivity contribution is 4.93. The van der Waals surface area contributed by atoms with Crippen LogP contribution in [0.25, 0.3) is 0 Å². The van der Waals surface area contributed by atoms with E-state index in [1.165, 1.54) is 0 Å². The molecule has 0 heterocycles. The zero-order chi connectivity index (χ0) is 38.0. The topological polar surface area (TPSA) is 231 Å². The monoisotopic (exact) mass is 709 g/mol. The van der Waals surface area contributed by atoms with Gasteiger partial charge in [-0.05, 0) is 19.3 Å². The Bertz CT molecular complexity index is 1190. The summed E-state index contributed by atoms with van der Waals surface area (Å²) < 4.78 is 43.6. The summed E-state index contributed by atoms with van der Waals surface area (Å²) in [6.45, 7) is 7.40. The average Bonchev–Trinajstić information content (AvgIpc) is 3.13. The fourth-order valence-electron chi connectivity index (χ4n) is 5.77. The van der Waals surface area contributed by atoms with Crippen LogP contribution in [0.15, 0.2) is 0 Å².